The van der Waals surface area contributed by atoms with E-state index in [1.165, 1.54) is 43.8 Å². The number of hydrogen-bond acceptors (Lipinski definition) is 2. The van der Waals surface area contributed by atoms with E-state index in [9.17, 15) is 0 Å². The van der Waals surface area contributed by atoms with Crippen molar-refractivity contribution < 1.29 is 0 Å². The van der Waals surface area contributed by atoms with Gasteiger partial charge in [-0.2, -0.15) is 0 Å². The average Bonchev–Trinajstić information content (AvgIpc) is 3.67. The van der Waals surface area contributed by atoms with Crippen LogP contribution >= 0.6 is 0 Å². The largest absolute Gasteiger partial charge is 0.311 e. The van der Waals surface area contributed by atoms with E-state index in [4.69, 9.17) is 4.98 Å². The molecule has 0 atom stereocenters. The summed E-state index contributed by atoms with van der Waals surface area (Å²) in [5.41, 5.74) is 13.4. The highest BCUT2D eigenvalue weighted by atomic mass is 15.2. The van der Waals surface area contributed by atoms with Gasteiger partial charge in [0.2, 0.25) is 0 Å². The Labute approximate surface area is 327 Å². The molecule has 0 aliphatic heterocycles. The van der Waals surface area contributed by atoms with Crippen LogP contribution in [0.1, 0.15) is 18.4 Å². The molecule has 0 unspecified atom stereocenters. The van der Waals surface area contributed by atoms with Gasteiger partial charge in [0.1, 0.15) is 5.82 Å². The summed E-state index contributed by atoms with van der Waals surface area (Å²) in [6.07, 6.45) is 8.87. The first-order valence-corrected chi connectivity index (χ1v) is 19.3. The molecule has 0 saturated carbocycles. The summed E-state index contributed by atoms with van der Waals surface area (Å²) >= 11 is 0. The smallest absolute Gasteiger partial charge is 0.145 e. The molecule has 3 heteroatoms. The minimum absolute atomic E-state index is 0.935. The molecule has 0 bridgehead atoms. The quantitative estimate of drug-likeness (QED) is 0.146. The molecule has 1 aromatic heterocycles. The Kier molecular flexibility index (Phi) is 8.46. The molecule has 1 heterocycles. The van der Waals surface area contributed by atoms with E-state index in [1.54, 1.807) is 0 Å². The van der Waals surface area contributed by atoms with Gasteiger partial charge >= 0.3 is 0 Å². The molecule has 0 fully saturated rings. The molecule has 0 amide bonds. The standard InChI is InChI=1S/C53H39N3/c1-37(38-17-5-2-6-18-38)55(42-21-9-4-10-22-42)43-33-29-39(30-34-43)51-45-23-11-13-25-47(45)52(48-26-14-12-24-46(48)51)40-31-35-44(36-32-40)56-50-28-16-15-27-49(50)54-53(56)41-19-7-3-8-20-41/h2-3,5-9,11-36H,1,4,10H2. The summed E-state index contributed by atoms with van der Waals surface area (Å²) in [7, 11) is 0. The van der Waals surface area contributed by atoms with Crippen LogP contribution in [0.25, 0.3) is 77.6 Å². The topological polar surface area (TPSA) is 21.1 Å². The van der Waals surface area contributed by atoms with Crippen LogP contribution in [0, 0.1) is 0 Å². The van der Waals surface area contributed by atoms with Gasteiger partial charge in [-0.1, -0.05) is 164 Å². The van der Waals surface area contributed by atoms with Gasteiger partial charge in [0.25, 0.3) is 0 Å². The van der Waals surface area contributed by atoms with Crippen LogP contribution in [0.15, 0.2) is 212 Å². The fourth-order valence-corrected chi connectivity index (χ4v) is 8.36. The van der Waals surface area contributed by atoms with Crippen LogP contribution in [-0.4, -0.2) is 9.55 Å². The van der Waals surface area contributed by atoms with Crippen molar-refractivity contribution in [1.82, 2.24) is 9.55 Å². The maximum atomic E-state index is 5.07. The molecule has 1 aliphatic rings. The number of fused-ring (bicyclic) bond motifs is 3. The Morgan fingerprint density at radius 3 is 1.64 bits per heavy atom. The summed E-state index contributed by atoms with van der Waals surface area (Å²) in [6, 6.07) is 65.0. The first-order valence-electron chi connectivity index (χ1n) is 19.3. The Hall–Kier alpha value is -7.23. The zero-order valence-electron chi connectivity index (χ0n) is 31.0. The van der Waals surface area contributed by atoms with Crippen LogP contribution in [0.4, 0.5) is 5.69 Å². The van der Waals surface area contributed by atoms with Crippen molar-refractivity contribution in [3.8, 4) is 39.3 Å². The number of nitrogens with zero attached hydrogens (tertiary/aromatic N) is 3. The Morgan fingerprint density at radius 2 is 1.05 bits per heavy atom. The van der Waals surface area contributed by atoms with Crippen LogP contribution in [0.2, 0.25) is 0 Å². The number of aromatic nitrogens is 2. The van der Waals surface area contributed by atoms with E-state index in [-0.39, 0.29) is 0 Å². The van der Waals surface area contributed by atoms with Crippen LogP contribution in [0.5, 0.6) is 0 Å². The SMILES string of the molecule is C=C(c1ccccc1)N(C1=CCCC=C1)c1ccc(-c2c3ccccc3c(-c3ccc(-n4c(-c5ccccc5)nc5ccccc54)cc3)c3ccccc23)cc1. The van der Waals surface area contributed by atoms with Crippen molar-refractivity contribution >= 4 is 44.0 Å². The number of para-hydroxylation sites is 2. The van der Waals surface area contributed by atoms with Crippen molar-refractivity contribution in [1.29, 1.82) is 0 Å². The molecule has 0 spiro atoms. The molecule has 0 radical (unpaired) electrons. The van der Waals surface area contributed by atoms with E-state index in [0.29, 0.717) is 0 Å². The van der Waals surface area contributed by atoms with Crippen molar-refractivity contribution in [2.24, 2.45) is 0 Å². The molecule has 0 saturated heterocycles. The van der Waals surface area contributed by atoms with Crippen molar-refractivity contribution in [2.75, 3.05) is 4.90 Å². The molecule has 266 valence electrons. The Morgan fingerprint density at radius 1 is 0.518 bits per heavy atom. The number of rotatable bonds is 8. The first kappa shape index (κ1) is 33.3. The summed E-state index contributed by atoms with van der Waals surface area (Å²) in [5, 5.41) is 4.92. The third-order valence-corrected chi connectivity index (χ3v) is 11.0. The summed E-state index contributed by atoms with van der Waals surface area (Å²) in [6.45, 7) is 4.58. The van der Waals surface area contributed by atoms with Gasteiger partial charge in [0, 0.05) is 28.3 Å². The zero-order valence-corrected chi connectivity index (χ0v) is 31.0. The van der Waals surface area contributed by atoms with E-state index in [0.717, 1.165) is 63.6 Å². The minimum atomic E-state index is 0.935. The van der Waals surface area contributed by atoms with Crippen LogP contribution in [-0.2, 0) is 0 Å². The normalized spacial score (nSPS) is 12.6. The second-order valence-electron chi connectivity index (χ2n) is 14.3. The minimum Gasteiger partial charge on any atom is -0.311 e. The molecule has 1 aliphatic carbocycles. The third-order valence-electron chi connectivity index (χ3n) is 11.0. The maximum absolute atomic E-state index is 5.07. The van der Waals surface area contributed by atoms with Crippen LogP contribution < -0.4 is 4.90 Å². The number of allylic oxidation sites excluding steroid dienone is 3. The predicted octanol–water partition coefficient (Wildman–Crippen LogP) is 14.0. The van der Waals surface area contributed by atoms with Gasteiger partial charge in [-0.05, 0) is 105 Å². The predicted molar refractivity (Wildman–Crippen MR) is 237 cm³/mol. The lowest BCUT2D eigenvalue weighted by Crippen LogP contribution is -2.20. The molecule has 56 heavy (non-hydrogen) atoms. The maximum Gasteiger partial charge on any atom is 0.145 e. The van der Waals surface area contributed by atoms with E-state index < -0.39 is 0 Å². The lowest BCUT2D eigenvalue weighted by Gasteiger charge is -2.29. The highest BCUT2D eigenvalue weighted by molar-refractivity contribution is 6.21. The van der Waals surface area contributed by atoms with Crippen LogP contribution in [0.3, 0.4) is 0 Å². The molecular weight excluding hydrogens is 679 g/mol. The lowest BCUT2D eigenvalue weighted by atomic mass is 9.86. The Balaban J connectivity index is 1.09. The highest BCUT2D eigenvalue weighted by Crippen LogP contribution is 2.44. The summed E-state index contributed by atoms with van der Waals surface area (Å²) in [4.78, 5) is 7.36. The first-order chi connectivity index (χ1) is 27.7. The summed E-state index contributed by atoms with van der Waals surface area (Å²) in [5.74, 6) is 0.935. The number of anilines is 1. The second kappa shape index (κ2) is 14.2. The molecule has 8 aromatic carbocycles. The van der Waals surface area contributed by atoms with Crippen molar-refractivity contribution in [2.45, 2.75) is 12.8 Å². The molecule has 10 rings (SSSR count). The van der Waals surface area contributed by atoms with Gasteiger partial charge in [0.15, 0.2) is 0 Å². The van der Waals surface area contributed by atoms with Gasteiger partial charge in [-0.15, -0.1) is 0 Å². The molecule has 0 N–H and O–H groups in total. The van der Waals surface area contributed by atoms with Crippen molar-refractivity contribution in [3.05, 3.63) is 218 Å². The number of imidazole rings is 1. The van der Waals surface area contributed by atoms with E-state index >= 15 is 0 Å². The molecule has 3 nitrogen and oxygen atoms in total. The summed E-state index contributed by atoms with van der Waals surface area (Å²) < 4.78 is 2.27. The van der Waals surface area contributed by atoms with Gasteiger partial charge < -0.3 is 4.90 Å². The van der Waals surface area contributed by atoms with E-state index in [2.05, 4.69) is 210 Å². The van der Waals surface area contributed by atoms with Crippen molar-refractivity contribution in [3.63, 3.8) is 0 Å². The molecular formula is C53H39N3. The average molecular weight is 718 g/mol. The lowest BCUT2D eigenvalue weighted by molar-refractivity contribution is 0.999. The van der Waals surface area contributed by atoms with E-state index in [1.807, 2.05) is 6.07 Å². The molecule has 9 aromatic rings. The Bertz CT molecular complexity index is 2890. The highest BCUT2D eigenvalue weighted by Gasteiger charge is 2.20. The zero-order chi connectivity index (χ0) is 37.4. The van der Waals surface area contributed by atoms with Gasteiger partial charge in [-0.25, -0.2) is 4.98 Å². The fraction of sp³-hybridized carbons (Fsp3) is 0.0377. The van der Waals surface area contributed by atoms with Gasteiger partial charge in [-0.3, -0.25) is 4.57 Å². The monoisotopic (exact) mass is 717 g/mol. The fourth-order valence-electron chi connectivity index (χ4n) is 8.36. The number of hydrogen-bond donors (Lipinski definition) is 0. The number of benzene rings is 8. The second-order valence-corrected chi connectivity index (χ2v) is 14.3. The van der Waals surface area contributed by atoms with Gasteiger partial charge in [0.05, 0.1) is 11.0 Å². The third kappa shape index (κ3) is 5.82.